The second-order valence-corrected chi connectivity index (χ2v) is 6.65. The number of anilines is 2. The van der Waals surface area contributed by atoms with Gasteiger partial charge >= 0.3 is 0 Å². The van der Waals surface area contributed by atoms with Gasteiger partial charge in [-0.1, -0.05) is 19.9 Å². The second kappa shape index (κ2) is 8.30. The minimum Gasteiger partial charge on any atom is -0.505 e. The topological polar surface area (TPSA) is 108 Å². The molecule has 0 spiro atoms. The van der Waals surface area contributed by atoms with Crippen LogP contribution in [-0.2, 0) is 4.79 Å². The number of aliphatic hydroxyl groups is 1. The molecule has 0 atom stereocenters. The second-order valence-electron chi connectivity index (χ2n) is 6.12. The maximum absolute atomic E-state index is 12.2. The monoisotopic (exact) mass is 366 g/mol. The molecule has 0 fully saturated rings. The summed E-state index contributed by atoms with van der Waals surface area (Å²) < 4.78 is 8.52. The predicted octanol–water partition coefficient (Wildman–Crippen LogP) is 2.40. The Morgan fingerprint density at radius 1 is 1.40 bits per heavy atom. The Labute approximate surface area is 152 Å². The molecule has 0 saturated heterocycles. The molecule has 0 aliphatic heterocycles. The van der Waals surface area contributed by atoms with E-state index in [2.05, 4.69) is 27.9 Å². The van der Waals surface area contributed by atoms with E-state index >= 15 is 0 Å². The number of aromatic nitrogens is 2. The van der Waals surface area contributed by atoms with Crippen LogP contribution in [0.15, 0.2) is 23.1 Å². The van der Waals surface area contributed by atoms with E-state index in [4.69, 9.17) is 5.84 Å². The first-order valence-corrected chi connectivity index (χ1v) is 9.11. The highest BCUT2D eigenvalue weighted by atomic mass is 32.1. The van der Waals surface area contributed by atoms with Gasteiger partial charge in [-0.05, 0) is 25.7 Å². The SMILES string of the molecule is CCC(CC)Nc1nsnc1N(N)C1=CCCC(C(=O)N(C)C)=C1O. The van der Waals surface area contributed by atoms with Crippen molar-refractivity contribution in [2.24, 2.45) is 5.84 Å². The van der Waals surface area contributed by atoms with Crippen LogP contribution in [0.5, 0.6) is 0 Å². The maximum Gasteiger partial charge on any atom is 0.253 e. The van der Waals surface area contributed by atoms with Gasteiger partial charge in [0.05, 0.1) is 23.0 Å². The maximum atomic E-state index is 12.2. The van der Waals surface area contributed by atoms with Gasteiger partial charge in [0, 0.05) is 20.1 Å². The molecule has 1 heterocycles. The third kappa shape index (κ3) is 4.10. The Kier molecular flexibility index (Phi) is 6.38. The number of nitrogens with two attached hydrogens (primary N) is 1. The van der Waals surface area contributed by atoms with E-state index in [-0.39, 0.29) is 17.7 Å². The fourth-order valence-electron chi connectivity index (χ4n) is 2.65. The van der Waals surface area contributed by atoms with Crippen molar-refractivity contribution in [2.45, 2.75) is 45.6 Å². The first-order chi connectivity index (χ1) is 11.9. The highest BCUT2D eigenvalue weighted by molar-refractivity contribution is 6.99. The highest BCUT2D eigenvalue weighted by Crippen LogP contribution is 2.31. The molecular weight excluding hydrogens is 340 g/mol. The van der Waals surface area contributed by atoms with Crippen molar-refractivity contribution in [3.63, 3.8) is 0 Å². The Morgan fingerprint density at radius 2 is 2.08 bits per heavy atom. The molecule has 0 saturated carbocycles. The zero-order valence-corrected chi connectivity index (χ0v) is 15.9. The van der Waals surface area contributed by atoms with Crippen LogP contribution in [0.1, 0.15) is 39.5 Å². The van der Waals surface area contributed by atoms with Crippen LogP contribution in [0, 0.1) is 0 Å². The Balaban J connectivity index is 2.29. The number of likely N-dealkylation sites (N-methyl/N-ethyl adjacent to an activating group) is 1. The van der Waals surface area contributed by atoms with E-state index in [9.17, 15) is 9.90 Å². The van der Waals surface area contributed by atoms with Crippen molar-refractivity contribution in [1.29, 1.82) is 0 Å². The summed E-state index contributed by atoms with van der Waals surface area (Å²) in [6, 6.07) is 0.270. The normalized spacial score (nSPS) is 14.6. The smallest absolute Gasteiger partial charge is 0.253 e. The van der Waals surface area contributed by atoms with Crippen LogP contribution < -0.4 is 16.2 Å². The largest absolute Gasteiger partial charge is 0.505 e. The number of nitrogens with zero attached hydrogens (tertiary/aromatic N) is 4. The first kappa shape index (κ1) is 19.2. The average Bonchev–Trinajstić information content (AvgIpc) is 3.06. The summed E-state index contributed by atoms with van der Waals surface area (Å²) in [5.74, 6) is 6.91. The van der Waals surface area contributed by atoms with Crippen molar-refractivity contribution in [3.05, 3.63) is 23.1 Å². The quantitative estimate of drug-likeness (QED) is 0.502. The lowest BCUT2D eigenvalue weighted by Gasteiger charge is -2.26. The summed E-state index contributed by atoms with van der Waals surface area (Å²) in [5, 5.41) is 15.2. The van der Waals surface area contributed by atoms with Gasteiger partial charge in [-0.2, -0.15) is 8.75 Å². The molecule has 1 aromatic rings. The molecule has 9 heteroatoms. The van der Waals surface area contributed by atoms with Crippen molar-refractivity contribution in [1.82, 2.24) is 13.6 Å². The van der Waals surface area contributed by atoms with Gasteiger partial charge in [0.1, 0.15) is 5.76 Å². The summed E-state index contributed by atoms with van der Waals surface area (Å²) in [4.78, 5) is 13.7. The van der Waals surface area contributed by atoms with E-state index < -0.39 is 0 Å². The summed E-state index contributed by atoms with van der Waals surface area (Å²) in [6.07, 6.45) is 4.81. The summed E-state index contributed by atoms with van der Waals surface area (Å²) in [7, 11) is 3.31. The molecule has 1 amide bonds. The van der Waals surface area contributed by atoms with Crippen LogP contribution in [0.2, 0.25) is 0 Å². The van der Waals surface area contributed by atoms with Gasteiger partial charge < -0.3 is 15.3 Å². The molecule has 0 aromatic carbocycles. The molecule has 1 aliphatic rings. The third-order valence-corrected chi connectivity index (χ3v) is 4.73. The Bertz CT molecular complexity index is 678. The predicted molar refractivity (Wildman–Crippen MR) is 100 cm³/mol. The van der Waals surface area contributed by atoms with Gasteiger partial charge in [-0.15, -0.1) is 0 Å². The summed E-state index contributed by atoms with van der Waals surface area (Å²) in [5.41, 5.74) is 0.729. The number of hydrogen-bond acceptors (Lipinski definition) is 8. The standard InChI is InChI=1S/C16H26N6O2S/c1-5-10(6-2)18-14-15(20-25-19-14)22(17)12-9-7-8-11(13(12)23)16(24)21(3)4/h9-10,23H,5-8,17H2,1-4H3,(H,18,19). The summed E-state index contributed by atoms with van der Waals surface area (Å²) in [6.45, 7) is 4.19. The molecular formula is C16H26N6O2S. The highest BCUT2D eigenvalue weighted by Gasteiger charge is 2.27. The van der Waals surface area contributed by atoms with Crippen LogP contribution in [0.25, 0.3) is 0 Å². The lowest BCUT2D eigenvalue weighted by atomic mass is 9.99. The van der Waals surface area contributed by atoms with E-state index in [0.29, 0.717) is 35.7 Å². The number of hydrogen-bond donors (Lipinski definition) is 3. The molecule has 138 valence electrons. The molecule has 0 radical (unpaired) electrons. The third-order valence-electron chi connectivity index (χ3n) is 4.21. The van der Waals surface area contributed by atoms with Crippen LogP contribution in [0.3, 0.4) is 0 Å². The van der Waals surface area contributed by atoms with Crippen molar-refractivity contribution >= 4 is 29.3 Å². The fraction of sp³-hybridized carbons (Fsp3) is 0.562. The van der Waals surface area contributed by atoms with Crippen LogP contribution in [0.4, 0.5) is 11.6 Å². The molecule has 0 unspecified atom stereocenters. The average molecular weight is 366 g/mol. The molecule has 1 aromatic heterocycles. The number of hydrazine groups is 1. The van der Waals surface area contributed by atoms with E-state index in [1.165, 1.54) is 9.91 Å². The molecule has 0 bridgehead atoms. The summed E-state index contributed by atoms with van der Waals surface area (Å²) >= 11 is 1.05. The number of aliphatic hydroxyl groups excluding tert-OH is 1. The number of carbonyl (C=O) groups is 1. The van der Waals surface area contributed by atoms with Crippen LogP contribution >= 0.6 is 11.7 Å². The zero-order chi connectivity index (χ0) is 18.6. The molecule has 1 aliphatic carbocycles. The van der Waals surface area contributed by atoms with E-state index in [1.807, 2.05) is 6.08 Å². The number of carbonyl (C=O) groups excluding carboxylic acids is 1. The van der Waals surface area contributed by atoms with E-state index in [1.54, 1.807) is 14.1 Å². The first-order valence-electron chi connectivity index (χ1n) is 8.38. The van der Waals surface area contributed by atoms with Gasteiger partial charge in [0.25, 0.3) is 5.91 Å². The van der Waals surface area contributed by atoms with Crippen LogP contribution in [-0.4, -0.2) is 44.8 Å². The Hall–Kier alpha value is -2.13. The van der Waals surface area contributed by atoms with Gasteiger partial charge in [0.2, 0.25) is 5.82 Å². The van der Waals surface area contributed by atoms with Crippen molar-refractivity contribution < 1.29 is 9.90 Å². The van der Waals surface area contributed by atoms with Gasteiger partial charge in [-0.3, -0.25) is 9.80 Å². The molecule has 25 heavy (non-hydrogen) atoms. The molecule has 8 nitrogen and oxygen atoms in total. The van der Waals surface area contributed by atoms with Crippen molar-refractivity contribution in [2.75, 3.05) is 24.4 Å². The Morgan fingerprint density at radius 3 is 2.68 bits per heavy atom. The molecule has 2 rings (SSSR count). The lowest BCUT2D eigenvalue weighted by Crippen LogP contribution is -2.35. The number of allylic oxidation sites excluding steroid dienone is 1. The number of nitrogens with one attached hydrogen (secondary N) is 1. The minimum absolute atomic E-state index is 0.103. The zero-order valence-electron chi connectivity index (χ0n) is 15.1. The fourth-order valence-corrected chi connectivity index (χ4v) is 3.16. The van der Waals surface area contributed by atoms with Gasteiger partial charge in [0.15, 0.2) is 5.82 Å². The minimum atomic E-state index is -0.219. The molecule has 4 N–H and O–H groups in total. The van der Waals surface area contributed by atoms with E-state index in [0.717, 1.165) is 24.6 Å². The van der Waals surface area contributed by atoms with Gasteiger partial charge in [-0.25, -0.2) is 5.84 Å². The lowest BCUT2D eigenvalue weighted by molar-refractivity contribution is -0.125. The number of amides is 1. The van der Waals surface area contributed by atoms with Crippen molar-refractivity contribution in [3.8, 4) is 0 Å². The number of rotatable bonds is 7.